The van der Waals surface area contributed by atoms with Crippen LogP contribution in [0.5, 0.6) is 11.5 Å². The second-order valence-corrected chi connectivity index (χ2v) is 6.69. The molecule has 2 aromatic carbocycles. The summed E-state index contributed by atoms with van der Waals surface area (Å²) in [6.07, 6.45) is 3.51. The standard InChI is InChI=1S/C21H22N2O2S/c1-24-18-8-4-15(5-9-18)12-17-14-21(26-3)23-20(22-17)13-16-6-10-19(25-2)11-7-16/h4-11,14H,12-13H2,1-3H3. The Labute approximate surface area is 158 Å². The summed E-state index contributed by atoms with van der Waals surface area (Å²) in [6, 6.07) is 18.2. The van der Waals surface area contributed by atoms with Crippen LogP contribution in [0.3, 0.4) is 0 Å². The van der Waals surface area contributed by atoms with Crippen molar-refractivity contribution in [2.75, 3.05) is 20.5 Å². The second-order valence-electron chi connectivity index (χ2n) is 5.87. The van der Waals surface area contributed by atoms with Crippen molar-refractivity contribution in [3.05, 3.63) is 77.2 Å². The smallest absolute Gasteiger partial charge is 0.134 e. The first-order valence-electron chi connectivity index (χ1n) is 8.37. The van der Waals surface area contributed by atoms with Gasteiger partial charge in [0.25, 0.3) is 0 Å². The van der Waals surface area contributed by atoms with Crippen LogP contribution in [0, 0.1) is 0 Å². The topological polar surface area (TPSA) is 44.2 Å². The molecule has 134 valence electrons. The average molecular weight is 366 g/mol. The highest BCUT2D eigenvalue weighted by Crippen LogP contribution is 2.19. The van der Waals surface area contributed by atoms with Crippen molar-refractivity contribution in [2.24, 2.45) is 0 Å². The molecule has 0 fully saturated rings. The predicted molar refractivity (Wildman–Crippen MR) is 105 cm³/mol. The van der Waals surface area contributed by atoms with Crippen molar-refractivity contribution in [3.8, 4) is 11.5 Å². The number of benzene rings is 2. The second kappa shape index (κ2) is 8.72. The number of thioether (sulfide) groups is 1. The summed E-state index contributed by atoms with van der Waals surface area (Å²) >= 11 is 1.64. The van der Waals surface area contributed by atoms with Gasteiger partial charge in [-0.15, -0.1) is 11.8 Å². The summed E-state index contributed by atoms with van der Waals surface area (Å²) in [5.74, 6) is 2.56. The molecule has 26 heavy (non-hydrogen) atoms. The molecule has 1 heterocycles. The summed E-state index contributed by atoms with van der Waals surface area (Å²) in [4.78, 5) is 9.43. The van der Waals surface area contributed by atoms with Gasteiger partial charge in [-0.3, -0.25) is 0 Å². The van der Waals surface area contributed by atoms with Gasteiger partial charge in [-0.2, -0.15) is 0 Å². The van der Waals surface area contributed by atoms with Gasteiger partial charge in [-0.1, -0.05) is 24.3 Å². The van der Waals surface area contributed by atoms with Crippen LogP contribution in [0.25, 0.3) is 0 Å². The Morgan fingerprint density at radius 3 is 1.81 bits per heavy atom. The van der Waals surface area contributed by atoms with Gasteiger partial charge in [-0.25, -0.2) is 9.97 Å². The van der Waals surface area contributed by atoms with Crippen LogP contribution < -0.4 is 9.47 Å². The van der Waals surface area contributed by atoms with E-state index in [-0.39, 0.29) is 0 Å². The molecule has 0 N–H and O–H groups in total. The maximum Gasteiger partial charge on any atom is 0.134 e. The summed E-state index contributed by atoms with van der Waals surface area (Å²) < 4.78 is 10.4. The van der Waals surface area contributed by atoms with E-state index in [1.807, 2.05) is 30.5 Å². The normalized spacial score (nSPS) is 10.6. The summed E-state index contributed by atoms with van der Waals surface area (Å²) in [5, 5.41) is 0.993. The van der Waals surface area contributed by atoms with E-state index >= 15 is 0 Å². The minimum absolute atomic E-state index is 0.702. The number of ether oxygens (including phenoxy) is 2. The number of methoxy groups -OCH3 is 2. The molecule has 0 aliphatic heterocycles. The Bertz CT molecular complexity index is 781. The highest BCUT2D eigenvalue weighted by molar-refractivity contribution is 7.98. The van der Waals surface area contributed by atoms with Crippen LogP contribution in [0.1, 0.15) is 22.6 Å². The summed E-state index contributed by atoms with van der Waals surface area (Å²) in [5.41, 5.74) is 3.39. The lowest BCUT2D eigenvalue weighted by Crippen LogP contribution is -2.03. The van der Waals surface area contributed by atoms with Gasteiger partial charge in [-0.05, 0) is 47.7 Å². The number of rotatable bonds is 7. The maximum absolute atomic E-state index is 5.22. The van der Waals surface area contributed by atoms with Crippen LogP contribution in [0.4, 0.5) is 0 Å². The van der Waals surface area contributed by atoms with E-state index in [9.17, 15) is 0 Å². The van der Waals surface area contributed by atoms with E-state index < -0.39 is 0 Å². The highest BCUT2D eigenvalue weighted by Gasteiger charge is 2.07. The zero-order valence-corrected chi connectivity index (χ0v) is 16.0. The van der Waals surface area contributed by atoms with Crippen LogP contribution in [0.2, 0.25) is 0 Å². The Morgan fingerprint density at radius 2 is 1.31 bits per heavy atom. The van der Waals surface area contributed by atoms with Crippen LogP contribution in [-0.2, 0) is 12.8 Å². The van der Waals surface area contributed by atoms with E-state index in [2.05, 4.69) is 35.3 Å². The molecule has 0 saturated carbocycles. The molecular formula is C21H22N2O2S. The molecule has 3 aromatic rings. The van der Waals surface area contributed by atoms with Crippen molar-refractivity contribution < 1.29 is 9.47 Å². The third-order valence-electron chi connectivity index (χ3n) is 4.08. The van der Waals surface area contributed by atoms with Crippen molar-refractivity contribution in [1.82, 2.24) is 9.97 Å². The largest absolute Gasteiger partial charge is 0.497 e. The Kier molecular flexibility index (Phi) is 6.12. The Balaban J connectivity index is 1.80. The van der Waals surface area contributed by atoms with Gasteiger partial charge >= 0.3 is 0 Å². The van der Waals surface area contributed by atoms with Crippen molar-refractivity contribution >= 4 is 11.8 Å². The molecule has 0 aliphatic carbocycles. The number of hydrogen-bond acceptors (Lipinski definition) is 5. The minimum Gasteiger partial charge on any atom is -0.497 e. The van der Waals surface area contributed by atoms with Crippen molar-refractivity contribution in [3.63, 3.8) is 0 Å². The first-order chi connectivity index (χ1) is 12.7. The lowest BCUT2D eigenvalue weighted by Gasteiger charge is -2.08. The van der Waals surface area contributed by atoms with Gasteiger partial charge in [0.15, 0.2) is 0 Å². The lowest BCUT2D eigenvalue weighted by atomic mass is 10.1. The van der Waals surface area contributed by atoms with Crippen LogP contribution in [-0.4, -0.2) is 30.4 Å². The molecule has 0 radical (unpaired) electrons. The van der Waals surface area contributed by atoms with Crippen molar-refractivity contribution in [1.29, 1.82) is 0 Å². The number of aromatic nitrogens is 2. The lowest BCUT2D eigenvalue weighted by molar-refractivity contribution is 0.414. The van der Waals surface area contributed by atoms with Crippen molar-refractivity contribution in [2.45, 2.75) is 17.9 Å². The molecule has 0 aliphatic rings. The van der Waals surface area contributed by atoms with Crippen LogP contribution >= 0.6 is 11.8 Å². The fraction of sp³-hybridized carbons (Fsp3) is 0.238. The van der Waals surface area contributed by atoms with Gasteiger partial charge in [0.05, 0.1) is 19.2 Å². The summed E-state index contributed by atoms with van der Waals surface area (Å²) in [6.45, 7) is 0. The molecule has 0 bridgehead atoms. The fourth-order valence-electron chi connectivity index (χ4n) is 2.68. The number of nitrogens with zero attached hydrogens (tertiary/aromatic N) is 2. The monoisotopic (exact) mass is 366 g/mol. The van der Waals surface area contributed by atoms with Crippen LogP contribution in [0.15, 0.2) is 59.6 Å². The molecule has 0 amide bonds. The first kappa shape index (κ1) is 18.3. The minimum atomic E-state index is 0.702. The molecule has 4 nitrogen and oxygen atoms in total. The third kappa shape index (κ3) is 4.76. The molecule has 0 unspecified atom stereocenters. The maximum atomic E-state index is 5.22. The van der Waals surface area contributed by atoms with Gasteiger partial charge in [0, 0.05) is 18.5 Å². The SMILES string of the molecule is COc1ccc(Cc2cc(SC)nc(Cc3ccc(OC)cc3)n2)cc1. The molecule has 0 atom stereocenters. The van der Waals surface area contributed by atoms with E-state index in [4.69, 9.17) is 14.5 Å². The molecular weight excluding hydrogens is 344 g/mol. The zero-order chi connectivity index (χ0) is 18.4. The van der Waals surface area contributed by atoms with E-state index in [0.717, 1.165) is 34.5 Å². The van der Waals surface area contributed by atoms with Gasteiger partial charge < -0.3 is 9.47 Å². The quantitative estimate of drug-likeness (QED) is 0.458. The van der Waals surface area contributed by atoms with E-state index in [0.29, 0.717) is 6.42 Å². The number of hydrogen-bond donors (Lipinski definition) is 0. The van der Waals surface area contributed by atoms with Gasteiger partial charge in [0.1, 0.15) is 17.3 Å². The Hall–Kier alpha value is -2.53. The average Bonchev–Trinajstić information content (AvgIpc) is 2.69. The summed E-state index contributed by atoms with van der Waals surface area (Å²) in [7, 11) is 3.35. The fourth-order valence-corrected chi connectivity index (χ4v) is 3.13. The molecule has 3 rings (SSSR count). The molecule has 0 spiro atoms. The van der Waals surface area contributed by atoms with E-state index in [1.165, 1.54) is 11.1 Å². The predicted octanol–water partition coefficient (Wildman–Crippen LogP) is 4.40. The molecule has 1 aromatic heterocycles. The molecule has 0 saturated heterocycles. The van der Waals surface area contributed by atoms with E-state index in [1.54, 1.807) is 26.0 Å². The third-order valence-corrected chi connectivity index (χ3v) is 4.70. The first-order valence-corrected chi connectivity index (χ1v) is 9.59. The highest BCUT2D eigenvalue weighted by atomic mass is 32.2. The zero-order valence-electron chi connectivity index (χ0n) is 15.2. The Morgan fingerprint density at radius 1 is 0.769 bits per heavy atom. The van der Waals surface area contributed by atoms with Gasteiger partial charge in [0.2, 0.25) is 0 Å². The molecule has 5 heteroatoms.